The summed E-state index contributed by atoms with van der Waals surface area (Å²) in [5, 5.41) is 12.0. The van der Waals surface area contributed by atoms with Gasteiger partial charge in [0.2, 0.25) is 0 Å². The van der Waals surface area contributed by atoms with E-state index >= 15 is 0 Å². The molecule has 0 saturated carbocycles. The highest BCUT2D eigenvalue weighted by Gasteiger charge is 2.34. The van der Waals surface area contributed by atoms with Crippen LogP contribution in [0.15, 0.2) is 45.8 Å². The van der Waals surface area contributed by atoms with E-state index in [1.165, 1.54) is 12.1 Å². The maximum atomic E-state index is 13.2. The molecule has 172 valence electrons. The van der Waals surface area contributed by atoms with Gasteiger partial charge >= 0.3 is 6.18 Å². The van der Waals surface area contributed by atoms with Crippen LogP contribution < -0.4 is 16.2 Å². The highest BCUT2D eigenvalue weighted by molar-refractivity contribution is 7.90. The minimum Gasteiger partial charge on any atom is -0.858 e. The number of halogens is 4. The second-order valence-electron chi connectivity index (χ2n) is 6.34. The second-order valence-corrected chi connectivity index (χ2v) is 8.39. The van der Waals surface area contributed by atoms with Crippen LogP contribution in [0.5, 0.6) is 0 Å². The van der Waals surface area contributed by atoms with E-state index in [2.05, 4.69) is 9.38 Å². The average Bonchev–Trinajstić information content (AvgIpc) is 2.68. The van der Waals surface area contributed by atoms with Gasteiger partial charge in [0.05, 0.1) is 5.56 Å². The molecule has 0 aliphatic carbocycles. The number of alkyl halides is 3. The van der Waals surface area contributed by atoms with Crippen LogP contribution in [0.4, 0.5) is 19.0 Å². The fourth-order valence-electron chi connectivity index (χ4n) is 2.64. The highest BCUT2D eigenvalue weighted by Crippen LogP contribution is 2.34. The van der Waals surface area contributed by atoms with Gasteiger partial charge in [-0.25, -0.2) is 4.98 Å². The van der Waals surface area contributed by atoms with Crippen molar-refractivity contribution in [1.82, 2.24) is 11.1 Å². The Hall–Kier alpha value is -2.37. The molecule has 2 aromatic rings. The van der Waals surface area contributed by atoms with Gasteiger partial charge in [0, 0.05) is 30.2 Å². The summed E-state index contributed by atoms with van der Waals surface area (Å²) in [5.41, 5.74) is -2.27. The molecule has 0 aliphatic rings. The molecular formula is C19H24ClF3N4O3S. The summed E-state index contributed by atoms with van der Waals surface area (Å²) in [5.74, 6) is -0.991. The van der Waals surface area contributed by atoms with E-state index < -0.39 is 38.1 Å². The molecule has 0 unspecified atom stereocenters. The van der Waals surface area contributed by atoms with Crippen LogP contribution in [0, 0.1) is 0 Å². The third-order valence-electron chi connectivity index (χ3n) is 4.23. The number of pyridine rings is 1. The molecule has 0 fully saturated rings. The number of unbranched alkanes of at least 4 members (excludes halogenated alkanes) is 1. The van der Waals surface area contributed by atoms with Crippen LogP contribution in [0.25, 0.3) is 0 Å². The summed E-state index contributed by atoms with van der Waals surface area (Å²) >= 11 is 5.57. The molecule has 0 bridgehead atoms. The van der Waals surface area contributed by atoms with Crippen molar-refractivity contribution < 1.29 is 26.7 Å². The van der Waals surface area contributed by atoms with E-state index in [1.807, 2.05) is 18.7 Å². The van der Waals surface area contributed by atoms with Gasteiger partial charge in [-0.15, -0.1) is 0 Å². The number of hydrogen-bond donors (Lipinski definition) is 1. The minimum absolute atomic E-state index is 0. The number of quaternary nitrogens is 1. The van der Waals surface area contributed by atoms with E-state index in [4.69, 9.17) is 11.6 Å². The maximum absolute atomic E-state index is 13.2. The Kier molecular flexibility index (Phi) is 9.27. The normalized spacial score (nSPS) is 12.4. The Bertz CT molecular complexity index is 1010. The number of rotatable bonds is 8. The summed E-state index contributed by atoms with van der Waals surface area (Å²) in [7, 11) is -4.55. The van der Waals surface area contributed by atoms with Crippen molar-refractivity contribution in [2.24, 2.45) is 4.40 Å². The molecule has 0 saturated heterocycles. The molecule has 0 radical (unpaired) electrons. The molecule has 0 spiro atoms. The Labute approximate surface area is 184 Å². The third-order valence-corrected chi connectivity index (χ3v) is 5.70. The van der Waals surface area contributed by atoms with E-state index in [0.717, 1.165) is 37.7 Å². The first-order chi connectivity index (χ1) is 14.0. The summed E-state index contributed by atoms with van der Waals surface area (Å²) < 4.78 is 67.4. The number of nitrogens with zero attached hydrogens (tertiary/aromatic N) is 3. The predicted molar refractivity (Wildman–Crippen MR) is 113 cm³/mol. The van der Waals surface area contributed by atoms with E-state index in [9.17, 15) is 26.7 Å². The topological polar surface area (TPSA) is 122 Å². The van der Waals surface area contributed by atoms with E-state index in [1.54, 1.807) is 0 Å². The molecule has 2 rings (SSSR count). The second kappa shape index (κ2) is 10.8. The quantitative estimate of drug-likeness (QED) is 0.447. The molecule has 1 aromatic heterocycles. The molecule has 0 aliphatic heterocycles. The molecule has 12 heteroatoms. The number of sulfonamides is 1. The van der Waals surface area contributed by atoms with Crippen molar-refractivity contribution in [3.63, 3.8) is 0 Å². The summed E-state index contributed by atoms with van der Waals surface area (Å²) in [6.45, 7) is 5.38. The molecule has 4 N–H and O–H groups in total. The lowest BCUT2D eigenvalue weighted by molar-refractivity contribution is -0.213. The zero-order chi connectivity index (χ0) is 22.5. The molecular weight excluding hydrogens is 457 g/mol. The van der Waals surface area contributed by atoms with Crippen LogP contribution in [0.1, 0.15) is 37.8 Å². The van der Waals surface area contributed by atoms with Crippen LogP contribution in [0.3, 0.4) is 0 Å². The Morgan fingerprint density at radius 3 is 2.42 bits per heavy atom. The molecule has 7 nitrogen and oxygen atoms in total. The maximum Gasteiger partial charge on any atom is 0.417 e. The van der Waals surface area contributed by atoms with Crippen molar-refractivity contribution >= 4 is 33.3 Å². The molecule has 31 heavy (non-hydrogen) atoms. The Morgan fingerprint density at radius 2 is 1.90 bits per heavy atom. The number of aromatic nitrogens is 1. The monoisotopic (exact) mass is 480 g/mol. The first-order valence-corrected chi connectivity index (χ1v) is 10.9. The lowest BCUT2D eigenvalue weighted by Gasteiger charge is -2.21. The summed E-state index contributed by atoms with van der Waals surface area (Å²) in [6.07, 6.45) is -1.96. The largest absolute Gasteiger partial charge is 0.858 e. The SMILES string of the molecule is CCCCN(CC)c1ccc(S(=O)(=O)/N=C(\[O-])c2ccc(Cl)cc2C(F)(F)F)cn1.[NH4+]. The van der Waals surface area contributed by atoms with Gasteiger partial charge < -0.3 is 16.2 Å². The average molecular weight is 481 g/mol. The number of benzene rings is 1. The van der Waals surface area contributed by atoms with Crippen molar-refractivity contribution in [2.45, 2.75) is 37.8 Å². The predicted octanol–water partition coefficient (Wildman–Crippen LogP) is 4.25. The van der Waals surface area contributed by atoms with Gasteiger partial charge in [-0.3, -0.25) is 0 Å². The third kappa shape index (κ3) is 6.81. The van der Waals surface area contributed by atoms with Crippen molar-refractivity contribution in [1.29, 1.82) is 0 Å². The van der Waals surface area contributed by atoms with E-state index in [-0.39, 0.29) is 11.2 Å². The van der Waals surface area contributed by atoms with Gasteiger partial charge in [-0.05, 0) is 43.2 Å². The van der Waals surface area contributed by atoms with Crippen LogP contribution in [-0.2, 0) is 16.2 Å². The fraction of sp³-hybridized carbons (Fsp3) is 0.368. The van der Waals surface area contributed by atoms with Gasteiger partial charge in [0.1, 0.15) is 10.7 Å². The van der Waals surface area contributed by atoms with Gasteiger partial charge in [-0.1, -0.05) is 31.0 Å². The van der Waals surface area contributed by atoms with Crippen molar-refractivity contribution in [2.75, 3.05) is 18.0 Å². The molecule has 1 heterocycles. The van der Waals surface area contributed by atoms with Gasteiger partial charge in [-0.2, -0.15) is 26.0 Å². The number of anilines is 1. The minimum atomic E-state index is -4.90. The van der Waals surface area contributed by atoms with Crippen molar-refractivity contribution in [3.05, 3.63) is 52.7 Å². The van der Waals surface area contributed by atoms with Crippen LogP contribution in [0.2, 0.25) is 5.02 Å². The van der Waals surface area contributed by atoms with Gasteiger partial charge in [0.15, 0.2) is 0 Å². The van der Waals surface area contributed by atoms with Crippen LogP contribution >= 0.6 is 11.6 Å². The zero-order valence-corrected chi connectivity index (χ0v) is 18.9. The first kappa shape index (κ1) is 26.7. The Morgan fingerprint density at radius 1 is 1.23 bits per heavy atom. The lowest BCUT2D eigenvalue weighted by Crippen LogP contribution is -2.25. The standard InChI is InChI=1S/C19H21ClF3N3O3S.H3N/c1-3-5-10-26(4-2)17-9-7-14(12-24-17)30(28,29)25-18(27)15-8-6-13(20)11-16(15)19(21,22)23;/h6-9,11-12H,3-5,10H2,1-2H3,(H,25,27);1H3. The zero-order valence-electron chi connectivity index (χ0n) is 17.3. The molecule has 1 aromatic carbocycles. The lowest BCUT2D eigenvalue weighted by atomic mass is 10.1. The summed E-state index contributed by atoms with van der Waals surface area (Å²) in [4.78, 5) is 5.65. The first-order valence-electron chi connectivity index (χ1n) is 9.09. The smallest absolute Gasteiger partial charge is 0.417 e. The molecule has 0 atom stereocenters. The number of hydrogen-bond acceptors (Lipinski definition) is 5. The van der Waals surface area contributed by atoms with Gasteiger partial charge in [0.25, 0.3) is 10.0 Å². The van der Waals surface area contributed by atoms with Crippen LogP contribution in [-0.4, -0.2) is 32.4 Å². The highest BCUT2D eigenvalue weighted by atomic mass is 35.5. The Balaban J connectivity index is 0.00000480. The fourth-order valence-corrected chi connectivity index (χ4v) is 3.66. The summed E-state index contributed by atoms with van der Waals surface area (Å²) in [6, 6.07) is 5.08. The molecule has 0 amide bonds. The van der Waals surface area contributed by atoms with Crippen molar-refractivity contribution in [3.8, 4) is 0 Å². The van der Waals surface area contributed by atoms with E-state index in [0.29, 0.717) is 18.4 Å².